The fourth-order valence-electron chi connectivity index (χ4n) is 0.599. The summed E-state index contributed by atoms with van der Waals surface area (Å²) in [6.45, 7) is 0. The van der Waals surface area contributed by atoms with Crippen LogP contribution >= 0.6 is 0 Å². The van der Waals surface area contributed by atoms with Gasteiger partial charge in [-0.1, -0.05) is 0 Å². The number of rotatable bonds is 1. The second-order valence-electron chi connectivity index (χ2n) is 2.42. The number of nitrogens with zero attached hydrogens (tertiary/aromatic N) is 1. The normalized spacial score (nSPS) is 7.70. The quantitative estimate of drug-likeness (QED) is 0.382. The smallest absolute Gasteiger partial charge is 0.450 e. The lowest BCUT2D eigenvalue weighted by Crippen LogP contribution is -1.90. The second-order valence-corrected chi connectivity index (χ2v) is 2.42. The van der Waals surface area contributed by atoms with Crippen LogP contribution in [-0.2, 0) is 0 Å². The van der Waals surface area contributed by atoms with Gasteiger partial charge in [-0.3, -0.25) is 10.1 Å². The van der Waals surface area contributed by atoms with E-state index in [0.29, 0.717) is 12.1 Å². The molecule has 0 unspecified atom stereocenters. The van der Waals surface area contributed by atoms with Crippen molar-refractivity contribution in [2.75, 3.05) is 0 Å². The Bertz CT molecular complexity index is 448. The van der Waals surface area contributed by atoms with Crippen molar-refractivity contribution in [3.8, 4) is 0 Å². The molecular formula is C8H10F2N2O8. The first kappa shape index (κ1) is 22.2. The largest absolute Gasteiger partial charge is 0.503 e. The molecule has 0 heterocycles. The highest BCUT2D eigenvalue weighted by atomic mass is 19.2. The number of hydrogen-bond donors (Lipinski definition) is 5. The standard InChI is InChI=1S/C6H3F2NO2.2CH2O3.H3N/c7-5-2-1-4(9(10)11)3-6(5)8;2*2-1(3)4;/h1-3H;2*(H2,2,3,4);1H3. The van der Waals surface area contributed by atoms with Crippen LogP contribution in [-0.4, -0.2) is 37.7 Å². The molecule has 0 aliphatic carbocycles. The third kappa shape index (κ3) is 15.0. The van der Waals surface area contributed by atoms with Crippen molar-refractivity contribution in [1.82, 2.24) is 6.15 Å². The third-order valence-electron chi connectivity index (χ3n) is 1.11. The van der Waals surface area contributed by atoms with E-state index in [1.165, 1.54) is 0 Å². The predicted molar refractivity (Wildman–Crippen MR) is 59.3 cm³/mol. The molecule has 0 atom stereocenters. The van der Waals surface area contributed by atoms with E-state index >= 15 is 0 Å². The summed E-state index contributed by atoms with van der Waals surface area (Å²) in [7, 11) is 0. The molecule has 10 nitrogen and oxygen atoms in total. The molecule has 114 valence electrons. The van der Waals surface area contributed by atoms with Gasteiger partial charge in [-0.15, -0.1) is 0 Å². The Morgan fingerprint density at radius 3 is 1.60 bits per heavy atom. The molecule has 0 saturated heterocycles. The number of benzene rings is 1. The zero-order valence-electron chi connectivity index (χ0n) is 9.56. The molecule has 1 aromatic carbocycles. The van der Waals surface area contributed by atoms with E-state index in [1.54, 1.807) is 0 Å². The molecule has 0 bridgehead atoms. The van der Waals surface area contributed by atoms with Crippen LogP contribution in [0.5, 0.6) is 0 Å². The lowest BCUT2D eigenvalue weighted by Gasteiger charge is -1.91. The Morgan fingerprint density at radius 1 is 1.00 bits per heavy atom. The number of hydrogen-bond acceptors (Lipinski definition) is 5. The fraction of sp³-hybridized carbons (Fsp3) is 0. The molecule has 1 rings (SSSR count). The Balaban J connectivity index is -0.000000272. The predicted octanol–water partition coefficient (Wildman–Crippen LogP) is 2.48. The van der Waals surface area contributed by atoms with Crippen LogP contribution in [0.15, 0.2) is 18.2 Å². The molecule has 0 fully saturated rings. The van der Waals surface area contributed by atoms with E-state index in [0.717, 1.165) is 6.07 Å². The molecule has 0 aliphatic rings. The van der Waals surface area contributed by atoms with Gasteiger partial charge in [0.2, 0.25) is 0 Å². The minimum absolute atomic E-state index is 0. The highest BCUT2D eigenvalue weighted by Gasteiger charge is 2.09. The van der Waals surface area contributed by atoms with Gasteiger partial charge in [0.05, 0.1) is 11.0 Å². The zero-order chi connectivity index (χ0) is 15.6. The summed E-state index contributed by atoms with van der Waals surface area (Å²) in [5, 5.41) is 37.9. The van der Waals surface area contributed by atoms with Gasteiger partial charge in [-0.25, -0.2) is 18.4 Å². The van der Waals surface area contributed by atoms with Crippen molar-refractivity contribution in [3.05, 3.63) is 39.9 Å². The topological polar surface area (TPSA) is 193 Å². The molecule has 1 aromatic rings. The lowest BCUT2D eigenvalue weighted by atomic mass is 10.3. The van der Waals surface area contributed by atoms with Crippen molar-refractivity contribution in [3.63, 3.8) is 0 Å². The van der Waals surface area contributed by atoms with Crippen LogP contribution in [0.2, 0.25) is 0 Å². The SMILES string of the molecule is N.O=C(O)O.O=C(O)O.O=[N+]([O-])c1ccc(F)c(F)c1. The minimum Gasteiger partial charge on any atom is -0.450 e. The van der Waals surface area contributed by atoms with Crippen LogP contribution in [0, 0.1) is 21.7 Å². The van der Waals surface area contributed by atoms with Gasteiger partial charge in [0.1, 0.15) is 0 Å². The Labute approximate surface area is 109 Å². The van der Waals surface area contributed by atoms with E-state index in [-0.39, 0.29) is 6.15 Å². The van der Waals surface area contributed by atoms with E-state index in [4.69, 9.17) is 30.0 Å². The molecular weight excluding hydrogens is 290 g/mol. The van der Waals surface area contributed by atoms with Crippen LogP contribution < -0.4 is 6.15 Å². The average Bonchev–Trinajstić information content (AvgIpc) is 2.20. The van der Waals surface area contributed by atoms with Gasteiger partial charge in [0.25, 0.3) is 5.69 Å². The summed E-state index contributed by atoms with van der Waals surface area (Å²) in [4.78, 5) is 26.3. The van der Waals surface area contributed by atoms with Crippen LogP contribution in [0.1, 0.15) is 0 Å². The Morgan fingerprint density at radius 2 is 1.35 bits per heavy atom. The number of halogens is 2. The minimum atomic E-state index is -1.83. The van der Waals surface area contributed by atoms with Gasteiger partial charge in [-0.2, -0.15) is 0 Å². The van der Waals surface area contributed by atoms with E-state index < -0.39 is 34.6 Å². The van der Waals surface area contributed by atoms with Crippen molar-refractivity contribution in [2.45, 2.75) is 0 Å². The van der Waals surface area contributed by atoms with Gasteiger partial charge >= 0.3 is 12.3 Å². The van der Waals surface area contributed by atoms with Gasteiger partial charge < -0.3 is 26.6 Å². The number of non-ortho nitro benzene ring substituents is 1. The molecule has 0 radical (unpaired) electrons. The van der Waals surface area contributed by atoms with Crippen LogP contribution in [0.25, 0.3) is 0 Å². The lowest BCUT2D eigenvalue weighted by molar-refractivity contribution is -0.385. The maximum Gasteiger partial charge on any atom is 0.503 e. The molecule has 0 saturated carbocycles. The first-order valence-corrected chi connectivity index (χ1v) is 4.01. The van der Waals surface area contributed by atoms with E-state index in [2.05, 4.69) is 0 Å². The first-order chi connectivity index (χ1) is 8.57. The van der Waals surface area contributed by atoms with Crippen LogP contribution in [0.4, 0.5) is 24.1 Å². The summed E-state index contributed by atoms with van der Waals surface area (Å²) in [5.41, 5.74) is -0.455. The van der Waals surface area contributed by atoms with Gasteiger partial charge in [0, 0.05) is 6.07 Å². The first-order valence-electron chi connectivity index (χ1n) is 4.01. The second kappa shape index (κ2) is 11.1. The molecule has 7 N–H and O–H groups in total. The molecule has 0 amide bonds. The highest BCUT2D eigenvalue weighted by Crippen LogP contribution is 2.14. The van der Waals surface area contributed by atoms with Crippen molar-refractivity contribution in [1.29, 1.82) is 0 Å². The van der Waals surface area contributed by atoms with E-state index in [1.807, 2.05) is 0 Å². The summed E-state index contributed by atoms with van der Waals surface area (Å²) >= 11 is 0. The Hall–Kier alpha value is -3.02. The number of carbonyl (C=O) groups is 2. The molecule has 20 heavy (non-hydrogen) atoms. The summed E-state index contributed by atoms with van der Waals surface area (Å²) in [6, 6.07) is 2.15. The van der Waals surface area contributed by atoms with Crippen molar-refractivity contribution in [2.24, 2.45) is 0 Å². The highest BCUT2D eigenvalue weighted by molar-refractivity contribution is 5.53. The van der Waals surface area contributed by atoms with E-state index in [9.17, 15) is 18.9 Å². The average molecular weight is 300 g/mol. The van der Waals surface area contributed by atoms with Crippen LogP contribution in [0.3, 0.4) is 0 Å². The molecule has 12 heteroatoms. The molecule has 0 spiro atoms. The molecule has 0 aliphatic heterocycles. The fourth-order valence-corrected chi connectivity index (χ4v) is 0.599. The third-order valence-corrected chi connectivity index (χ3v) is 1.11. The monoisotopic (exact) mass is 300 g/mol. The summed E-state index contributed by atoms with van der Waals surface area (Å²) < 4.78 is 24.4. The van der Waals surface area contributed by atoms with Crippen molar-refractivity contribution < 1.29 is 43.7 Å². The summed E-state index contributed by atoms with van der Waals surface area (Å²) in [5.74, 6) is -2.30. The number of carboxylic acid groups (broad SMARTS) is 4. The molecule has 0 aromatic heterocycles. The number of nitro groups is 1. The number of nitro benzene ring substituents is 1. The summed E-state index contributed by atoms with van der Waals surface area (Å²) in [6.07, 6.45) is -3.67. The van der Waals surface area contributed by atoms with Crippen molar-refractivity contribution >= 4 is 18.0 Å². The Kier molecular flexibility index (Phi) is 12.3. The van der Waals surface area contributed by atoms with Gasteiger partial charge in [-0.05, 0) is 6.07 Å². The zero-order valence-corrected chi connectivity index (χ0v) is 9.56. The maximum absolute atomic E-state index is 12.3. The van der Waals surface area contributed by atoms with Gasteiger partial charge in [0.15, 0.2) is 11.6 Å². The maximum atomic E-state index is 12.3.